The SMILES string of the molecule is Cc1cc(C2C(c3ccccn3)NC(=S)N2c2ccc(Br)cc2)c(C)n1-c1cccc(C(=O)O)c1. The Morgan fingerprint density at radius 1 is 1.03 bits per heavy atom. The Morgan fingerprint density at radius 2 is 1.80 bits per heavy atom. The molecule has 3 heterocycles. The van der Waals surface area contributed by atoms with Crippen molar-refractivity contribution in [3.05, 3.63) is 112 Å². The van der Waals surface area contributed by atoms with Crippen LogP contribution in [0.25, 0.3) is 5.69 Å². The molecule has 0 amide bonds. The molecule has 1 aliphatic rings. The van der Waals surface area contributed by atoms with Crippen LogP contribution in [0.4, 0.5) is 5.69 Å². The number of nitrogens with one attached hydrogen (secondary N) is 1. The van der Waals surface area contributed by atoms with E-state index in [1.807, 2.05) is 55.5 Å². The maximum atomic E-state index is 11.6. The van der Waals surface area contributed by atoms with E-state index in [1.165, 1.54) is 0 Å². The normalized spacial score (nSPS) is 17.5. The number of pyridine rings is 1. The maximum Gasteiger partial charge on any atom is 0.335 e. The molecule has 35 heavy (non-hydrogen) atoms. The molecule has 2 atom stereocenters. The quantitative estimate of drug-likeness (QED) is 0.293. The number of carbonyl (C=O) groups is 1. The minimum atomic E-state index is -0.948. The van der Waals surface area contributed by atoms with Gasteiger partial charge in [-0.3, -0.25) is 4.98 Å². The third kappa shape index (κ3) is 4.24. The number of aromatic carboxylic acids is 1. The molecule has 4 aromatic rings. The lowest BCUT2D eigenvalue weighted by molar-refractivity contribution is 0.0697. The van der Waals surface area contributed by atoms with Gasteiger partial charge in [-0.05, 0) is 92.3 Å². The molecule has 176 valence electrons. The summed E-state index contributed by atoms with van der Waals surface area (Å²) < 4.78 is 3.09. The van der Waals surface area contributed by atoms with E-state index in [4.69, 9.17) is 12.2 Å². The average molecular weight is 547 g/mol. The highest BCUT2D eigenvalue weighted by Crippen LogP contribution is 2.43. The first-order chi connectivity index (χ1) is 16.8. The lowest BCUT2D eigenvalue weighted by atomic mass is 9.96. The number of benzene rings is 2. The summed E-state index contributed by atoms with van der Waals surface area (Å²) in [7, 11) is 0. The highest BCUT2D eigenvalue weighted by atomic mass is 79.9. The fourth-order valence-electron chi connectivity index (χ4n) is 4.81. The minimum Gasteiger partial charge on any atom is -0.478 e. The molecule has 0 spiro atoms. The van der Waals surface area contributed by atoms with E-state index in [1.54, 1.807) is 24.4 Å². The summed E-state index contributed by atoms with van der Waals surface area (Å²) in [4.78, 5) is 18.4. The van der Waals surface area contributed by atoms with E-state index in [0.717, 1.165) is 38.5 Å². The van der Waals surface area contributed by atoms with Crippen molar-refractivity contribution in [3.8, 4) is 5.69 Å². The van der Waals surface area contributed by atoms with E-state index in [0.29, 0.717) is 5.11 Å². The largest absolute Gasteiger partial charge is 0.478 e. The van der Waals surface area contributed by atoms with Crippen LogP contribution in [0, 0.1) is 13.8 Å². The summed E-state index contributed by atoms with van der Waals surface area (Å²) in [5, 5.41) is 13.6. The third-order valence-electron chi connectivity index (χ3n) is 6.34. The molecule has 2 aromatic carbocycles. The van der Waals surface area contributed by atoms with Crippen LogP contribution >= 0.6 is 28.1 Å². The van der Waals surface area contributed by atoms with Gasteiger partial charge < -0.3 is 19.9 Å². The van der Waals surface area contributed by atoms with Gasteiger partial charge in [-0.25, -0.2) is 4.79 Å². The molecule has 2 N–H and O–H groups in total. The van der Waals surface area contributed by atoms with Crippen LogP contribution in [0.15, 0.2) is 83.5 Å². The van der Waals surface area contributed by atoms with E-state index in [-0.39, 0.29) is 17.6 Å². The summed E-state index contributed by atoms with van der Waals surface area (Å²) in [6.07, 6.45) is 1.79. The topological polar surface area (TPSA) is 70.4 Å². The van der Waals surface area contributed by atoms with Gasteiger partial charge in [-0.2, -0.15) is 0 Å². The van der Waals surface area contributed by atoms with Gasteiger partial charge in [0.25, 0.3) is 0 Å². The summed E-state index contributed by atoms with van der Waals surface area (Å²) in [5.41, 5.74) is 6.06. The number of rotatable bonds is 5. The second kappa shape index (κ2) is 9.28. The first-order valence-corrected chi connectivity index (χ1v) is 12.3. The standard InChI is InChI=1S/C27H23BrN4O2S/c1-16-14-22(17(2)31(16)21-7-5-6-18(15-21)26(33)34)25-24(23-8-3-4-13-29-23)30-27(35)32(25)20-11-9-19(28)10-12-20/h3-15,24-25H,1-2H3,(H,30,35)(H,33,34). The van der Waals surface area contributed by atoms with Crippen molar-refractivity contribution < 1.29 is 9.90 Å². The Bertz CT molecular complexity index is 1420. The lowest BCUT2D eigenvalue weighted by Gasteiger charge is -2.28. The predicted octanol–water partition coefficient (Wildman–Crippen LogP) is 6.13. The smallest absolute Gasteiger partial charge is 0.335 e. The molecule has 1 aliphatic heterocycles. The average Bonchev–Trinajstić information content (AvgIpc) is 3.35. The molecule has 0 radical (unpaired) electrons. The number of halogens is 1. The van der Waals surface area contributed by atoms with E-state index >= 15 is 0 Å². The van der Waals surface area contributed by atoms with Crippen LogP contribution in [0.5, 0.6) is 0 Å². The number of thiocarbonyl (C=S) groups is 1. The predicted molar refractivity (Wildman–Crippen MR) is 144 cm³/mol. The van der Waals surface area contributed by atoms with Crippen molar-refractivity contribution in [2.24, 2.45) is 0 Å². The zero-order valence-electron chi connectivity index (χ0n) is 19.1. The van der Waals surface area contributed by atoms with Crippen LogP contribution < -0.4 is 10.2 Å². The number of carboxylic acid groups (broad SMARTS) is 1. The molecule has 0 bridgehead atoms. The Balaban J connectivity index is 1.67. The van der Waals surface area contributed by atoms with Crippen molar-refractivity contribution in [2.75, 3.05) is 4.90 Å². The lowest BCUT2D eigenvalue weighted by Crippen LogP contribution is -2.29. The molecule has 1 saturated heterocycles. The molecule has 1 fully saturated rings. The molecule has 0 aliphatic carbocycles. The van der Waals surface area contributed by atoms with E-state index in [9.17, 15) is 9.90 Å². The first kappa shape index (κ1) is 23.3. The molecule has 2 aromatic heterocycles. The van der Waals surface area contributed by atoms with Gasteiger partial charge in [-0.1, -0.05) is 28.1 Å². The van der Waals surface area contributed by atoms with Crippen molar-refractivity contribution in [3.63, 3.8) is 0 Å². The molecular weight excluding hydrogens is 524 g/mol. The van der Waals surface area contributed by atoms with Crippen molar-refractivity contribution >= 4 is 44.9 Å². The number of hydrogen-bond acceptors (Lipinski definition) is 3. The number of nitrogens with zero attached hydrogens (tertiary/aromatic N) is 3. The Labute approximate surface area is 217 Å². The number of anilines is 1. The van der Waals surface area contributed by atoms with Crippen LogP contribution in [0.3, 0.4) is 0 Å². The van der Waals surface area contributed by atoms with Gasteiger partial charge in [0.2, 0.25) is 0 Å². The summed E-state index contributed by atoms with van der Waals surface area (Å²) in [6, 6.07) is 22.8. The Kier molecular flexibility index (Phi) is 6.17. The van der Waals surface area contributed by atoms with Gasteiger partial charge >= 0.3 is 5.97 Å². The molecule has 5 rings (SSSR count). The first-order valence-electron chi connectivity index (χ1n) is 11.1. The molecule has 8 heteroatoms. The van der Waals surface area contributed by atoms with Crippen LogP contribution in [-0.2, 0) is 0 Å². The van der Waals surface area contributed by atoms with Gasteiger partial charge in [0, 0.05) is 33.4 Å². The zero-order chi connectivity index (χ0) is 24.7. The summed E-state index contributed by atoms with van der Waals surface area (Å²) >= 11 is 9.36. The van der Waals surface area contributed by atoms with Gasteiger partial charge in [0.05, 0.1) is 23.3 Å². The van der Waals surface area contributed by atoms with Crippen molar-refractivity contribution in [2.45, 2.75) is 25.9 Å². The number of carboxylic acids is 1. The van der Waals surface area contributed by atoms with Gasteiger partial charge in [0.15, 0.2) is 5.11 Å². The molecular formula is C27H23BrN4O2S. The number of aryl methyl sites for hydroxylation is 1. The van der Waals surface area contributed by atoms with Gasteiger partial charge in [0.1, 0.15) is 0 Å². The van der Waals surface area contributed by atoms with Crippen molar-refractivity contribution in [1.29, 1.82) is 0 Å². The molecule has 2 unspecified atom stereocenters. The second-order valence-electron chi connectivity index (χ2n) is 8.49. The fraction of sp³-hybridized carbons (Fsp3) is 0.148. The summed E-state index contributed by atoms with van der Waals surface area (Å²) in [6.45, 7) is 4.09. The summed E-state index contributed by atoms with van der Waals surface area (Å²) in [5.74, 6) is -0.948. The van der Waals surface area contributed by atoms with Crippen LogP contribution in [-0.4, -0.2) is 25.7 Å². The van der Waals surface area contributed by atoms with E-state index < -0.39 is 5.97 Å². The highest BCUT2D eigenvalue weighted by Gasteiger charge is 2.42. The van der Waals surface area contributed by atoms with Crippen LogP contribution in [0.1, 0.15) is 45.1 Å². The van der Waals surface area contributed by atoms with Gasteiger partial charge in [-0.15, -0.1) is 0 Å². The molecule has 0 saturated carbocycles. The molecule has 6 nitrogen and oxygen atoms in total. The monoisotopic (exact) mass is 546 g/mol. The van der Waals surface area contributed by atoms with E-state index in [2.05, 4.69) is 48.7 Å². The minimum absolute atomic E-state index is 0.152. The number of aromatic nitrogens is 2. The third-order valence-corrected chi connectivity index (χ3v) is 7.19. The highest BCUT2D eigenvalue weighted by molar-refractivity contribution is 9.10. The fourth-order valence-corrected chi connectivity index (χ4v) is 5.42. The Morgan fingerprint density at radius 3 is 2.49 bits per heavy atom. The Hall–Kier alpha value is -3.49. The van der Waals surface area contributed by atoms with Crippen LogP contribution in [0.2, 0.25) is 0 Å². The zero-order valence-corrected chi connectivity index (χ0v) is 21.5. The maximum absolute atomic E-state index is 11.6. The van der Waals surface area contributed by atoms with Crippen molar-refractivity contribution in [1.82, 2.24) is 14.9 Å². The number of hydrogen-bond donors (Lipinski definition) is 2. The second-order valence-corrected chi connectivity index (χ2v) is 9.79.